The lowest BCUT2D eigenvalue weighted by molar-refractivity contribution is -0.144. The third-order valence-electron chi connectivity index (χ3n) is 3.14. The van der Waals surface area contributed by atoms with Crippen LogP contribution in [0.25, 0.3) is 0 Å². The van der Waals surface area contributed by atoms with Gasteiger partial charge in [0.25, 0.3) is 0 Å². The van der Waals surface area contributed by atoms with E-state index >= 15 is 0 Å². The Balaban J connectivity index is 1.93. The largest absolute Gasteiger partial charge is 0.481 e. The monoisotopic (exact) mass is 263 g/mol. The maximum Gasteiger partial charge on any atom is 0.303 e. The van der Waals surface area contributed by atoms with E-state index in [0.717, 1.165) is 5.56 Å². The molecule has 0 radical (unpaired) electrons. The number of rotatable bonds is 4. The summed E-state index contributed by atoms with van der Waals surface area (Å²) in [4.78, 5) is 24.0. The molecular weight excluding hydrogens is 246 g/mol. The number of morpholine rings is 1. The molecule has 1 aromatic carbocycles. The van der Waals surface area contributed by atoms with Gasteiger partial charge in [0.15, 0.2) is 0 Å². The highest BCUT2D eigenvalue weighted by atomic mass is 16.5. The van der Waals surface area contributed by atoms with Crippen LogP contribution in [0.4, 0.5) is 0 Å². The quantitative estimate of drug-likeness (QED) is 0.892. The Kier molecular flexibility index (Phi) is 4.52. The summed E-state index contributed by atoms with van der Waals surface area (Å²) in [6, 6.07) is 9.74. The Morgan fingerprint density at radius 2 is 2.00 bits per heavy atom. The van der Waals surface area contributed by atoms with Crippen LogP contribution in [-0.4, -0.2) is 41.6 Å². The molecule has 1 amide bonds. The van der Waals surface area contributed by atoms with Gasteiger partial charge in [-0.2, -0.15) is 0 Å². The van der Waals surface area contributed by atoms with E-state index in [1.807, 2.05) is 30.3 Å². The minimum atomic E-state index is -0.943. The third kappa shape index (κ3) is 3.79. The first kappa shape index (κ1) is 13.5. The molecular formula is C14H17NO4. The van der Waals surface area contributed by atoms with Gasteiger partial charge in [0.2, 0.25) is 5.91 Å². The molecule has 0 spiro atoms. The Morgan fingerprint density at radius 1 is 1.26 bits per heavy atom. The average molecular weight is 263 g/mol. The number of benzene rings is 1. The fraction of sp³-hybridized carbons (Fsp3) is 0.429. The van der Waals surface area contributed by atoms with Crippen LogP contribution in [0.3, 0.4) is 0 Å². The Morgan fingerprint density at radius 3 is 2.68 bits per heavy atom. The van der Waals surface area contributed by atoms with Gasteiger partial charge in [-0.1, -0.05) is 30.3 Å². The second-order valence-corrected chi connectivity index (χ2v) is 4.50. The predicted molar refractivity (Wildman–Crippen MR) is 68.6 cm³/mol. The van der Waals surface area contributed by atoms with Gasteiger partial charge in [-0.25, -0.2) is 0 Å². The zero-order chi connectivity index (χ0) is 13.7. The van der Waals surface area contributed by atoms with Gasteiger partial charge in [0.05, 0.1) is 19.6 Å². The molecule has 19 heavy (non-hydrogen) atoms. The number of nitrogens with zero attached hydrogens (tertiary/aromatic N) is 1. The average Bonchev–Trinajstić information content (AvgIpc) is 2.46. The topological polar surface area (TPSA) is 66.8 Å². The van der Waals surface area contributed by atoms with E-state index in [0.29, 0.717) is 19.7 Å². The maximum atomic E-state index is 11.9. The first-order valence-electron chi connectivity index (χ1n) is 6.33. The normalized spacial score (nSPS) is 19.2. The molecule has 2 rings (SSSR count). The molecule has 5 nitrogen and oxygen atoms in total. The number of carboxylic acid groups (broad SMARTS) is 1. The maximum absolute atomic E-state index is 11.9. The van der Waals surface area contributed by atoms with Gasteiger partial charge in [0, 0.05) is 13.0 Å². The molecule has 1 heterocycles. The fourth-order valence-corrected chi connectivity index (χ4v) is 2.12. The van der Waals surface area contributed by atoms with E-state index in [-0.39, 0.29) is 24.9 Å². The summed E-state index contributed by atoms with van der Waals surface area (Å²) in [6.45, 7) is 1.50. The molecule has 0 aliphatic carbocycles. The van der Waals surface area contributed by atoms with E-state index in [1.54, 1.807) is 4.90 Å². The number of carboxylic acids is 1. The number of amides is 1. The summed E-state index contributed by atoms with van der Waals surface area (Å²) in [7, 11) is 0. The van der Waals surface area contributed by atoms with Crippen molar-refractivity contribution in [2.24, 2.45) is 0 Å². The Bertz CT molecular complexity index is 446. The summed E-state index contributed by atoms with van der Waals surface area (Å²) in [5.74, 6) is -1.06. The van der Waals surface area contributed by atoms with Crippen LogP contribution >= 0.6 is 0 Å². The van der Waals surface area contributed by atoms with E-state index < -0.39 is 5.97 Å². The van der Waals surface area contributed by atoms with E-state index in [1.165, 1.54) is 0 Å². The summed E-state index contributed by atoms with van der Waals surface area (Å²) >= 11 is 0. The zero-order valence-electron chi connectivity index (χ0n) is 10.6. The molecule has 5 heteroatoms. The minimum absolute atomic E-state index is 0.0524. The zero-order valence-corrected chi connectivity index (χ0v) is 10.6. The number of ether oxygens (including phenoxy) is 1. The second kappa shape index (κ2) is 6.33. The molecule has 1 aromatic rings. The highest BCUT2D eigenvalue weighted by Gasteiger charge is 2.25. The lowest BCUT2D eigenvalue weighted by Gasteiger charge is -2.33. The Labute approximate surface area is 111 Å². The van der Waals surface area contributed by atoms with E-state index in [9.17, 15) is 9.59 Å². The number of hydrogen-bond acceptors (Lipinski definition) is 3. The molecule has 1 saturated heterocycles. The van der Waals surface area contributed by atoms with Gasteiger partial charge >= 0.3 is 5.97 Å². The van der Waals surface area contributed by atoms with Gasteiger partial charge in [-0.05, 0) is 5.56 Å². The van der Waals surface area contributed by atoms with Crippen LogP contribution in [0.1, 0.15) is 24.5 Å². The van der Waals surface area contributed by atoms with Gasteiger partial charge < -0.3 is 14.7 Å². The number of carbonyl (C=O) groups is 2. The molecule has 0 bridgehead atoms. The van der Waals surface area contributed by atoms with Crippen LogP contribution in [0.5, 0.6) is 0 Å². The first-order chi connectivity index (χ1) is 9.16. The van der Waals surface area contributed by atoms with Crippen LogP contribution in [-0.2, 0) is 14.3 Å². The van der Waals surface area contributed by atoms with Crippen molar-refractivity contribution in [1.29, 1.82) is 0 Å². The predicted octanol–water partition coefficient (Wildman–Crippen LogP) is 1.45. The van der Waals surface area contributed by atoms with Gasteiger partial charge in [-0.15, -0.1) is 0 Å². The van der Waals surface area contributed by atoms with E-state index in [4.69, 9.17) is 9.84 Å². The Hall–Kier alpha value is -1.88. The van der Waals surface area contributed by atoms with Crippen molar-refractivity contribution in [3.05, 3.63) is 35.9 Å². The van der Waals surface area contributed by atoms with Crippen LogP contribution < -0.4 is 0 Å². The van der Waals surface area contributed by atoms with Crippen LogP contribution in [0, 0.1) is 0 Å². The summed E-state index contributed by atoms with van der Waals surface area (Å²) in [5.41, 5.74) is 1.04. The van der Waals surface area contributed by atoms with E-state index in [2.05, 4.69) is 0 Å². The molecule has 0 aromatic heterocycles. The number of hydrogen-bond donors (Lipinski definition) is 1. The molecule has 102 valence electrons. The lowest BCUT2D eigenvalue weighted by Crippen LogP contribution is -2.42. The SMILES string of the molecule is O=C(O)CCC(=O)N1CCOC(c2ccccc2)C1. The van der Waals surface area contributed by atoms with Crippen molar-refractivity contribution in [3.63, 3.8) is 0 Å². The minimum Gasteiger partial charge on any atom is -0.481 e. The summed E-state index contributed by atoms with van der Waals surface area (Å²) in [6.07, 6.45) is -0.188. The third-order valence-corrected chi connectivity index (χ3v) is 3.14. The molecule has 1 fully saturated rings. The smallest absolute Gasteiger partial charge is 0.303 e. The molecule has 1 N–H and O–H groups in total. The number of carbonyl (C=O) groups excluding carboxylic acids is 1. The molecule has 1 atom stereocenters. The van der Waals surface area contributed by atoms with Crippen molar-refractivity contribution < 1.29 is 19.4 Å². The molecule has 1 unspecified atom stereocenters. The lowest BCUT2D eigenvalue weighted by atomic mass is 10.1. The fourth-order valence-electron chi connectivity index (χ4n) is 2.12. The van der Waals surface area contributed by atoms with Crippen LogP contribution in [0.2, 0.25) is 0 Å². The van der Waals surface area contributed by atoms with Gasteiger partial charge in [0.1, 0.15) is 6.10 Å². The standard InChI is InChI=1S/C14H17NO4/c16-13(6-7-14(17)18)15-8-9-19-12(10-15)11-4-2-1-3-5-11/h1-5,12H,6-10H2,(H,17,18). The summed E-state index contributed by atoms with van der Waals surface area (Å²) < 4.78 is 5.66. The van der Waals surface area contributed by atoms with Crippen molar-refractivity contribution in [1.82, 2.24) is 4.90 Å². The van der Waals surface area contributed by atoms with Gasteiger partial charge in [-0.3, -0.25) is 9.59 Å². The van der Waals surface area contributed by atoms with Crippen LogP contribution in [0.15, 0.2) is 30.3 Å². The summed E-state index contributed by atoms with van der Waals surface area (Å²) in [5, 5.41) is 8.60. The van der Waals surface area contributed by atoms with Crippen molar-refractivity contribution >= 4 is 11.9 Å². The highest BCUT2D eigenvalue weighted by molar-refractivity contribution is 5.80. The molecule has 0 saturated carbocycles. The molecule has 1 aliphatic heterocycles. The van der Waals surface area contributed by atoms with Crippen molar-refractivity contribution in [2.75, 3.05) is 19.7 Å². The first-order valence-corrected chi connectivity index (χ1v) is 6.33. The second-order valence-electron chi connectivity index (χ2n) is 4.50. The highest BCUT2D eigenvalue weighted by Crippen LogP contribution is 2.22. The molecule has 1 aliphatic rings. The van der Waals surface area contributed by atoms with Crippen molar-refractivity contribution in [3.8, 4) is 0 Å². The number of aliphatic carboxylic acids is 1. The van der Waals surface area contributed by atoms with Crippen molar-refractivity contribution in [2.45, 2.75) is 18.9 Å².